The molecule has 4 heterocycles. The molecule has 0 unspecified atom stereocenters. The van der Waals surface area contributed by atoms with Gasteiger partial charge in [-0.25, -0.2) is 14.5 Å². The Morgan fingerprint density at radius 2 is 2.00 bits per heavy atom. The molecule has 0 aliphatic rings. The highest BCUT2D eigenvalue weighted by atomic mass is 32.1. The highest BCUT2D eigenvalue weighted by Gasteiger charge is 2.13. The molecule has 5 rings (SSSR count). The normalized spacial score (nSPS) is 11.0. The standard InChI is InChI=1S/C21H16N6O2S/c1-14-8-11-30-20(14)21(28)24-17-12-27-18(23-17)6-7-19(25-27)29-16-4-2-15(3-5-16)26-10-9-22-13-26/h2-13H,1H3,(H,24,28). The molecule has 0 atom stereocenters. The molecule has 9 heteroatoms. The number of hydrogen-bond donors (Lipinski definition) is 1. The third kappa shape index (κ3) is 3.53. The number of benzene rings is 1. The van der Waals surface area contributed by atoms with Crippen LogP contribution >= 0.6 is 11.3 Å². The van der Waals surface area contributed by atoms with Crippen LogP contribution in [0, 0.1) is 6.92 Å². The summed E-state index contributed by atoms with van der Waals surface area (Å²) in [6, 6.07) is 13.0. The third-order valence-electron chi connectivity index (χ3n) is 4.47. The van der Waals surface area contributed by atoms with E-state index in [1.807, 2.05) is 53.4 Å². The van der Waals surface area contributed by atoms with E-state index in [1.165, 1.54) is 11.3 Å². The van der Waals surface area contributed by atoms with Crippen LogP contribution in [-0.4, -0.2) is 30.1 Å². The van der Waals surface area contributed by atoms with Gasteiger partial charge in [-0.15, -0.1) is 16.4 Å². The van der Waals surface area contributed by atoms with Crippen molar-refractivity contribution >= 4 is 28.7 Å². The molecule has 8 nitrogen and oxygen atoms in total. The van der Waals surface area contributed by atoms with Crippen molar-refractivity contribution in [1.29, 1.82) is 0 Å². The number of nitrogens with zero attached hydrogens (tertiary/aromatic N) is 5. The summed E-state index contributed by atoms with van der Waals surface area (Å²) in [5, 5.41) is 9.12. The van der Waals surface area contributed by atoms with Crippen molar-refractivity contribution in [1.82, 2.24) is 24.1 Å². The van der Waals surface area contributed by atoms with Gasteiger partial charge in [-0.1, -0.05) is 0 Å². The Morgan fingerprint density at radius 3 is 2.73 bits per heavy atom. The number of aryl methyl sites for hydroxylation is 1. The smallest absolute Gasteiger partial charge is 0.267 e. The number of thiophene rings is 1. The third-order valence-corrected chi connectivity index (χ3v) is 5.48. The Hall–Kier alpha value is -3.98. The van der Waals surface area contributed by atoms with E-state index < -0.39 is 0 Å². The van der Waals surface area contributed by atoms with Gasteiger partial charge in [0.15, 0.2) is 11.5 Å². The van der Waals surface area contributed by atoms with Crippen LogP contribution < -0.4 is 10.1 Å². The quantitative estimate of drug-likeness (QED) is 0.461. The fourth-order valence-electron chi connectivity index (χ4n) is 2.98. The lowest BCUT2D eigenvalue weighted by atomic mass is 10.3. The number of rotatable bonds is 5. The van der Waals surface area contributed by atoms with Crippen LogP contribution in [-0.2, 0) is 0 Å². The van der Waals surface area contributed by atoms with E-state index in [1.54, 1.807) is 35.4 Å². The molecular formula is C21H16N6O2S. The number of fused-ring (bicyclic) bond motifs is 1. The van der Waals surface area contributed by atoms with Gasteiger partial charge in [0, 0.05) is 24.1 Å². The van der Waals surface area contributed by atoms with Crippen molar-refractivity contribution in [3.8, 4) is 17.3 Å². The number of carbonyl (C=O) groups is 1. The zero-order valence-electron chi connectivity index (χ0n) is 15.9. The first-order chi connectivity index (χ1) is 14.7. The molecule has 0 bridgehead atoms. The van der Waals surface area contributed by atoms with E-state index in [4.69, 9.17) is 4.74 Å². The number of ether oxygens (including phenoxy) is 1. The van der Waals surface area contributed by atoms with Crippen LogP contribution in [0.15, 0.2) is 72.8 Å². The van der Waals surface area contributed by atoms with Gasteiger partial charge in [0.05, 0.1) is 17.4 Å². The molecule has 4 aromatic heterocycles. The van der Waals surface area contributed by atoms with E-state index in [2.05, 4.69) is 20.4 Å². The first-order valence-corrected chi connectivity index (χ1v) is 10.0. The minimum absolute atomic E-state index is 0.180. The summed E-state index contributed by atoms with van der Waals surface area (Å²) in [5.41, 5.74) is 2.53. The maximum absolute atomic E-state index is 12.4. The summed E-state index contributed by atoms with van der Waals surface area (Å²) in [4.78, 5) is 21.5. The molecule has 0 radical (unpaired) electrons. The highest BCUT2D eigenvalue weighted by Crippen LogP contribution is 2.22. The van der Waals surface area contributed by atoms with Crippen LogP contribution in [0.1, 0.15) is 15.2 Å². The van der Waals surface area contributed by atoms with Crippen molar-refractivity contribution in [3.63, 3.8) is 0 Å². The predicted molar refractivity (Wildman–Crippen MR) is 114 cm³/mol. The Labute approximate surface area is 175 Å². The van der Waals surface area contributed by atoms with Gasteiger partial charge in [0.25, 0.3) is 5.91 Å². The van der Waals surface area contributed by atoms with Crippen LogP contribution in [0.4, 0.5) is 5.82 Å². The largest absolute Gasteiger partial charge is 0.438 e. The summed E-state index contributed by atoms with van der Waals surface area (Å²) in [7, 11) is 0. The van der Waals surface area contributed by atoms with Gasteiger partial charge >= 0.3 is 0 Å². The Balaban J connectivity index is 1.32. The molecule has 30 heavy (non-hydrogen) atoms. The maximum Gasteiger partial charge on any atom is 0.267 e. The first-order valence-electron chi connectivity index (χ1n) is 9.14. The summed E-state index contributed by atoms with van der Waals surface area (Å²) in [6.45, 7) is 1.90. The second-order valence-corrected chi connectivity index (χ2v) is 7.47. The fraction of sp³-hybridized carbons (Fsp3) is 0.0476. The van der Waals surface area contributed by atoms with E-state index in [-0.39, 0.29) is 5.91 Å². The SMILES string of the molecule is Cc1ccsc1C(=O)Nc1cn2nc(Oc3ccc(-n4ccnc4)cc3)ccc2n1. The van der Waals surface area contributed by atoms with E-state index in [9.17, 15) is 4.79 Å². The minimum Gasteiger partial charge on any atom is -0.438 e. The highest BCUT2D eigenvalue weighted by molar-refractivity contribution is 7.12. The molecule has 0 spiro atoms. The minimum atomic E-state index is -0.180. The van der Waals surface area contributed by atoms with Gasteiger partial charge in [0.1, 0.15) is 5.75 Å². The van der Waals surface area contributed by atoms with E-state index >= 15 is 0 Å². The van der Waals surface area contributed by atoms with Gasteiger partial charge in [-0.3, -0.25) is 4.79 Å². The molecule has 0 saturated heterocycles. The van der Waals surface area contributed by atoms with Crippen molar-refractivity contribution in [3.05, 3.63) is 83.2 Å². The lowest BCUT2D eigenvalue weighted by molar-refractivity contribution is 0.102. The topological polar surface area (TPSA) is 86.3 Å². The number of imidazole rings is 2. The number of nitrogens with one attached hydrogen (secondary N) is 1. The molecule has 1 amide bonds. The molecule has 1 aromatic carbocycles. The molecule has 0 aliphatic carbocycles. The lowest BCUT2D eigenvalue weighted by Gasteiger charge is -2.06. The fourth-order valence-corrected chi connectivity index (χ4v) is 3.80. The Kier molecular flexibility index (Phi) is 4.49. The lowest BCUT2D eigenvalue weighted by Crippen LogP contribution is -2.11. The van der Waals surface area contributed by atoms with Crippen LogP contribution in [0.25, 0.3) is 11.3 Å². The van der Waals surface area contributed by atoms with Crippen molar-refractivity contribution < 1.29 is 9.53 Å². The number of anilines is 1. The molecule has 148 valence electrons. The van der Waals surface area contributed by atoms with Gasteiger partial charge in [0.2, 0.25) is 5.88 Å². The van der Waals surface area contributed by atoms with Crippen molar-refractivity contribution in [2.45, 2.75) is 6.92 Å². The van der Waals surface area contributed by atoms with Crippen molar-refractivity contribution in [2.24, 2.45) is 0 Å². The van der Waals surface area contributed by atoms with Gasteiger partial charge in [-0.2, -0.15) is 0 Å². The molecule has 0 fully saturated rings. The zero-order chi connectivity index (χ0) is 20.5. The molecule has 1 N–H and O–H groups in total. The first kappa shape index (κ1) is 18.1. The molecular weight excluding hydrogens is 400 g/mol. The molecule has 0 saturated carbocycles. The summed E-state index contributed by atoms with van der Waals surface area (Å²) in [6.07, 6.45) is 7.00. The van der Waals surface area contributed by atoms with E-state index in [0.29, 0.717) is 28.0 Å². The van der Waals surface area contributed by atoms with Crippen molar-refractivity contribution in [2.75, 3.05) is 5.32 Å². The maximum atomic E-state index is 12.4. The zero-order valence-corrected chi connectivity index (χ0v) is 16.7. The summed E-state index contributed by atoms with van der Waals surface area (Å²) in [5.74, 6) is 1.33. The molecule has 0 aliphatic heterocycles. The summed E-state index contributed by atoms with van der Waals surface area (Å²) < 4.78 is 9.34. The van der Waals surface area contributed by atoms with E-state index in [0.717, 1.165) is 11.3 Å². The van der Waals surface area contributed by atoms with Crippen LogP contribution in [0.2, 0.25) is 0 Å². The second-order valence-electron chi connectivity index (χ2n) is 6.55. The van der Waals surface area contributed by atoms with Gasteiger partial charge in [-0.05, 0) is 54.3 Å². The second kappa shape index (κ2) is 7.45. The average Bonchev–Trinajstić information content (AvgIpc) is 3.48. The Bertz CT molecular complexity index is 1320. The number of carbonyl (C=O) groups excluding carboxylic acids is 1. The van der Waals surface area contributed by atoms with Gasteiger partial charge < -0.3 is 14.6 Å². The monoisotopic (exact) mass is 416 g/mol. The van der Waals surface area contributed by atoms with Crippen LogP contribution in [0.3, 0.4) is 0 Å². The number of amides is 1. The molecule has 5 aromatic rings. The predicted octanol–water partition coefficient (Wildman–Crippen LogP) is 4.33. The average molecular weight is 416 g/mol. The van der Waals surface area contributed by atoms with Crippen LogP contribution in [0.5, 0.6) is 11.6 Å². The number of hydrogen-bond acceptors (Lipinski definition) is 6. The number of aromatic nitrogens is 5. The summed E-state index contributed by atoms with van der Waals surface area (Å²) >= 11 is 1.40. The Morgan fingerprint density at radius 1 is 1.13 bits per heavy atom.